The fourth-order valence-corrected chi connectivity index (χ4v) is 6.88. The molecule has 3 aromatic carbocycles. The highest BCUT2D eigenvalue weighted by atomic mass is 16.5. The number of aromatic nitrogens is 2. The Kier molecular flexibility index (Phi) is 8.61. The summed E-state index contributed by atoms with van der Waals surface area (Å²) in [6, 6.07) is 24.8. The first kappa shape index (κ1) is 28.5. The van der Waals surface area contributed by atoms with E-state index in [1.165, 1.54) is 44.1 Å². The minimum absolute atomic E-state index is 0.556. The van der Waals surface area contributed by atoms with Crippen LogP contribution in [0.3, 0.4) is 0 Å². The van der Waals surface area contributed by atoms with E-state index in [0.29, 0.717) is 12.0 Å². The van der Waals surface area contributed by atoms with Crippen molar-refractivity contribution < 1.29 is 9.47 Å². The topological polar surface area (TPSA) is 59.5 Å². The molecule has 1 N–H and O–H groups in total. The molecule has 6 heteroatoms. The molecule has 2 saturated carbocycles. The Morgan fingerprint density at radius 3 is 2.52 bits per heavy atom. The van der Waals surface area contributed by atoms with Gasteiger partial charge in [0.1, 0.15) is 29.7 Å². The van der Waals surface area contributed by atoms with E-state index in [1.807, 2.05) is 30.3 Å². The molecule has 1 spiro atoms. The van der Waals surface area contributed by atoms with Crippen LogP contribution in [0.25, 0.3) is 10.9 Å². The van der Waals surface area contributed by atoms with E-state index in [1.54, 1.807) is 7.11 Å². The number of nitrogens with one attached hydrogen (secondary N) is 1. The van der Waals surface area contributed by atoms with Crippen molar-refractivity contribution in [3.63, 3.8) is 0 Å². The molecule has 1 aromatic heterocycles. The van der Waals surface area contributed by atoms with Crippen molar-refractivity contribution in [2.24, 2.45) is 17.3 Å². The Labute approximate surface area is 250 Å². The number of benzene rings is 3. The zero-order valence-electron chi connectivity index (χ0n) is 25.3. The van der Waals surface area contributed by atoms with Gasteiger partial charge in [0.05, 0.1) is 12.6 Å². The number of rotatable bonds is 12. The number of aryl methyl sites for hydroxylation is 1. The van der Waals surface area contributed by atoms with Gasteiger partial charge in [-0.1, -0.05) is 48.5 Å². The number of ether oxygens (including phenoxy) is 2. The van der Waals surface area contributed by atoms with Crippen molar-refractivity contribution in [3.05, 3.63) is 89.7 Å². The van der Waals surface area contributed by atoms with Crippen molar-refractivity contribution in [1.82, 2.24) is 15.3 Å². The lowest BCUT2D eigenvalue weighted by Gasteiger charge is -2.30. The molecule has 0 saturated heterocycles. The molecule has 0 bridgehead atoms. The monoisotopic (exact) mass is 564 g/mol. The standard InChI is InChI=1S/C36H44N4O2/c1-40(2)35-31-11-7-8-12-32(31)38-34(39-35)16-14-29-22-36(29)19-17-26(18-20-36)23-37-24-28-13-15-30(21-33(28)41-3)42-25-27-9-5-4-6-10-27/h4-13,15,21,26,29,37H,14,16-20,22-25H2,1-3H3/t26?,29-,36?/m0/s1. The van der Waals surface area contributed by atoms with Crippen molar-refractivity contribution in [3.8, 4) is 11.5 Å². The smallest absolute Gasteiger partial charge is 0.139 e. The molecular formula is C36H44N4O2. The second-order valence-corrected chi connectivity index (χ2v) is 12.5. The van der Waals surface area contributed by atoms with E-state index in [9.17, 15) is 0 Å². The molecule has 4 aromatic rings. The molecular weight excluding hydrogens is 520 g/mol. The fourth-order valence-electron chi connectivity index (χ4n) is 6.88. The lowest BCUT2D eigenvalue weighted by atomic mass is 9.78. The summed E-state index contributed by atoms with van der Waals surface area (Å²) in [5.74, 6) is 5.31. The highest BCUT2D eigenvalue weighted by Crippen LogP contribution is 2.63. The highest BCUT2D eigenvalue weighted by molar-refractivity contribution is 5.89. The zero-order chi connectivity index (χ0) is 28.9. The molecule has 6 rings (SSSR count). The molecule has 220 valence electrons. The summed E-state index contributed by atoms with van der Waals surface area (Å²) in [6.07, 6.45) is 8.94. The molecule has 2 aliphatic carbocycles. The van der Waals surface area contributed by atoms with Gasteiger partial charge in [-0.15, -0.1) is 0 Å². The molecule has 0 radical (unpaired) electrons. The van der Waals surface area contributed by atoms with Gasteiger partial charge in [-0.25, -0.2) is 9.97 Å². The quantitative estimate of drug-likeness (QED) is 0.196. The molecule has 1 heterocycles. The second kappa shape index (κ2) is 12.7. The molecule has 0 amide bonds. The molecule has 6 nitrogen and oxygen atoms in total. The average molecular weight is 565 g/mol. The second-order valence-electron chi connectivity index (χ2n) is 12.5. The van der Waals surface area contributed by atoms with Crippen LogP contribution in [0.2, 0.25) is 0 Å². The maximum atomic E-state index is 5.99. The Morgan fingerprint density at radius 1 is 0.952 bits per heavy atom. The van der Waals surface area contributed by atoms with Gasteiger partial charge in [-0.2, -0.15) is 0 Å². The van der Waals surface area contributed by atoms with Crippen molar-refractivity contribution >= 4 is 16.7 Å². The van der Waals surface area contributed by atoms with Crippen molar-refractivity contribution in [1.29, 1.82) is 0 Å². The summed E-state index contributed by atoms with van der Waals surface area (Å²) in [5.41, 5.74) is 3.96. The Hall–Kier alpha value is -3.64. The summed E-state index contributed by atoms with van der Waals surface area (Å²) in [6.45, 7) is 2.43. The van der Waals surface area contributed by atoms with Crippen LogP contribution in [0.5, 0.6) is 11.5 Å². The van der Waals surface area contributed by atoms with Gasteiger partial charge in [0.15, 0.2) is 0 Å². The van der Waals surface area contributed by atoms with Crippen LogP contribution >= 0.6 is 0 Å². The van der Waals surface area contributed by atoms with Crippen molar-refractivity contribution in [2.45, 2.75) is 58.1 Å². The van der Waals surface area contributed by atoms with E-state index in [-0.39, 0.29) is 0 Å². The minimum atomic E-state index is 0.556. The van der Waals surface area contributed by atoms with E-state index < -0.39 is 0 Å². The lowest BCUT2D eigenvalue weighted by Crippen LogP contribution is -2.27. The van der Waals surface area contributed by atoms with E-state index in [2.05, 4.69) is 66.8 Å². The van der Waals surface area contributed by atoms with Gasteiger partial charge in [0, 0.05) is 44.1 Å². The molecule has 0 aliphatic heterocycles. The predicted octanol–water partition coefficient (Wildman–Crippen LogP) is 7.20. The summed E-state index contributed by atoms with van der Waals surface area (Å²) >= 11 is 0. The summed E-state index contributed by atoms with van der Waals surface area (Å²) < 4.78 is 11.7. The third-order valence-corrected chi connectivity index (χ3v) is 9.48. The number of fused-ring (bicyclic) bond motifs is 1. The molecule has 0 unspecified atom stereocenters. The maximum Gasteiger partial charge on any atom is 0.139 e. The van der Waals surface area contributed by atoms with Gasteiger partial charge in [0.2, 0.25) is 0 Å². The highest BCUT2D eigenvalue weighted by Gasteiger charge is 2.53. The molecule has 42 heavy (non-hydrogen) atoms. The van der Waals surface area contributed by atoms with Crippen LogP contribution in [0.4, 0.5) is 5.82 Å². The lowest BCUT2D eigenvalue weighted by molar-refractivity contribution is 0.231. The molecule has 1 atom stereocenters. The van der Waals surface area contributed by atoms with Gasteiger partial charge in [-0.3, -0.25) is 0 Å². The van der Waals surface area contributed by atoms with Gasteiger partial charge in [-0.05, 0) is 86.1 Å². The SMILES string of the molecule is COc1cc(OCc2ccccc2)ccc1CNCC1CCC2(CC1)C[C@@H]2CCc1nc(N(C)C)c2ccccc2n1. The Bertz CT molecular complexity index is 1480. The molecule has 2 aliphatic rings. The zero-order valence-corrected chi connectivity index (χ0v) is 25.3. The van der Waals surface area contributed by atoms with Gasteiger partial charge >= 0.3 is 0 Å². The van der Waals surface area contributed by atoms with E-state index in [0.717, 1.165) is 71.0 Å². The third kappa shape index (κ3) is 6.54. The number of hydrogen-bond donors (Lipinski definition) is 1. The van der Waals surface area contributed by atoms with Gasteiger partial charge < -0.3 is 19.7 Å². The minimum Gasteiger partial charge on any atom is -0.496 e. The first-order valence-corrected chi connectivity index (χ1v) is 15.5. The van der Waals surface area contributed by atoms with Crippen molar-refractivity contribution in [2.75, 3.05) is 32.6 Å². The van der Waals surface area contributed by atoms with Crippen LogP contribution in [0.15, 0.2) is 72.8 Å². The summed E-state index contributed by atoms with van der Waals surface area (Å²) in [5, 5.41) is 4.85. The summed E-state index contributed by atoms with van der Waals surface area (Å²) in [4.78, 5) is 11.9. The first-order valence-electron chi connectivity index (χ1n) is 15.5. The first-order chi connectivity index (χ1) is 20.5. The Balaban J connectivity index is 0.943. The largest absolute Gasteiger partial charge is 0.496 e. The number of nitrogens with zero attached hydrogens (tertiary/aromatic N) is 3. The third-order valence-electron chi connectivity index (χ3n) is 9.48. The number of para-hydroxylation sites is 1. The van der Waals surface area contributed by atoms with E-state index >= 15 is 0 Å². The van der Waals surface area contributed by atoms with Crippen LogP contribution < -0.4 is 19.7 Å². The van der Waals surface area contributed by atoms with Crippen LogP contribution in [0, 0.1) is 17.3 Å². The number of methoxy groups -OCH3 is 1. The van der Waals surface area contributed by atoms with E-state index in [4.69, 9.17) is 19.4 Å². The number of hydrogen-bond acceptors (Lipinski definition) is 6. The molecule has 2 fully saturated rings. The van der Waals surface area contributed by atoms with Gasteiger partial charge in [0.25, 0.3) is 0 Å². The Morgan fingerprint density at radius 2 is 1.74 bits per heavy atom. The number of anilines is 1. The predicted molar refractivity (Wildman–Crippen MR) is 170 cm³/mol. The van der Waals surface area contributed by atoms with Crippen LogP contribution in [-0.4, -0.2) is 37.7 Å². The average Bonchev–Trinajstić information content (AvgIpc) is 3.71. The maximum absolute atomic E-state index is 5.99. The summed E-state index contributed by atoms with van der Waals surface area (Å²) in [7, 11) is 5.87. The normalized spacial score (nSPS) is 21.4. The van der Waals surface area contributed by atoms with Crippen LogP contribution in [-0.2, 0) is 19.6 Å². The fraction of sp³-hybridized carbons (Fsp3) is 0.444. The van der Waals surface area contributed by atoms with Crippen LogP contribution in [0.1, 0.15) is 55.5 Å².